The summed E-state index contributed by atoms with van der Waals surface area (Å²) in [5.74, 6) is 0.832. The Balaban J connectivity index is 1.24. The number of hydrogen-bond acceptors (Lipinski definition) is 4. The first-order valence-electron chi connectivity index (χ1n) is 10.2. The predicted octanol–water partition coefficient (Wildman–Crippen LogP) is 3.89. The normalized spacial score (nSPS) is 12.6. The zero-order valence-electron chi connectivity index (χ0n) is 17.3. The van der Waals surface area contributed by atoms with Gasteiger partial charge in [-0.15, -0.1) is 0 Å². The van der Waals surface area contributed by atoms with E-state index >= 15 is 0 Å². The first-order valence-corrected chi connectivity index (χ1v) is 10.2. The molecule has 0 fully saturated rings. The molecule has 0 saturated heterocycles. The van der Waals surface area contributed by atoms with Crippen LogP contribution in [0, 0.1) is 6.92 Å². The maximum atomic E-state index is 12.4. The lowest BCUT2D eigenvalue weighted by molar-refractivity contribution is -0.115. The Bertz CT molecular complexity index is 1060. The highest BCUT2D eigenvalue weighted by Crippen LogP contribution is 2.21. The van der Waals surface area contributed by atoms with Crippen molar-refractivity contribution >= 4 is 17.6 Å². The summed E-state index contributed by atoms with van der Waals surface area (Å²) in [5, 5.41) is 5.46. The van der Waals surface area contributed by atoms with Crippen molar-refractivity contribution in [3.8, 4) is 11.6 Å². The van der Waals surface area contributed by atoms with Gasteiger partial charge in [-0.25, -0.2) is 9.78 Å². The van der Waals surface area contributed by atoms with E-state index < -0.39 is 0 Å². The number of urea groups is 1. The van der Waals surface area contributed by atoms with Crippen LogP contribution < -0.4 is 15.4 Å². The summed E-state index contributed by atoms with van der Waals surface area (Å²) < 4.78 is 5.68. The molecule has 2 aromatic carbocycles. The number of carbonyl (C=O) groups is 2. The molecule has 0 atom stereocenters. The molecule has 1 aromatic heterocycles. The maximum absolute atomic E-state index is 12.4. The molecule has 4 rings (SSSR count). The smallest absolute Gasteiger partial charge is 0.318 e. The SMILES string of the molecule is Cc1ccc(Oc2ccc(NC(=O)CNC(=O)N3CCc4ccccc4C3)cc2)nc1. The largest absolute Gasteiger partial charge is 0.439 e. The van der Waals surface area contributed by atoms with Gasteiger partial charge in [0.25, 0.3) is 0 Å². The summed E-state index contributed by atoms with van der Waals surface area (Å²) in [6.45, 7) is 3.06. The van der Waals surface area contributed by atoms with Crippen molar-refractivity contribution in [1.29, 1.82) is 0 Å². The van der Waals surface area contributed by atoms with Crippen molar-refractivity contribution in [3.63, 3.8) is 0 Å². The number of hydrogen-bond donors (Lipinski definition) is 2. The van der Waals surface area contributed by atoms with Gasteiger partial charge in [0.05, 0.1) is 6.54 Å². The van der Waals surface area contributed by atoms with E-state index in [-0.39, 0.29) is 18.5 Å². The molecule has 0 unspecified atom stereocenters. The third-order valence-electron chi connectivity index (χ3n) is 5.06. The summed E-state index contributed by atoms with van der Waals surface area (Å²) >= 11 is 0. The van der Waals surface area contributed by atoms with Crippen LogP contribution in [0.3, 0.4) is 0 Å². The Labute approximate surface area is 181 Å². The Morgan fingerprint density at radius 3 is 2.55 bits per heavy atom. The van der Waals surface area contributed by atoms with Gasteiger partial charge in [-0.2, -0.15) is 0 Å². The molecule has 0 aliphatic carbocycles. The minimum Gasteiger partial charge on any atom is -0.439 e. The number of carbonyl (C=O) groups excluding carboxylic acids is 2. The zero-order chi connectivity index (χ0) is 21.6. The van der Waals surface area contributed by atoms with Gasteiger partial charge in [0, 0.05) is 31.0 Å². The van der Waals surface area contributed by atoms with E-state index in [2.05, 4.69) is 21.7 Å². The number of benzene rings is 2. The lowest BCUT2D eigenvalue weighted by Gasteiger charge is -2.28. The molecule has 1 aliphatic rings. The molecule has 7 nitrogen and oxygen atoms in total. The molecule has 31 heavy (non-hydrogen) atoms. The maximum Gasteiger partial charge on any atom is 0.318 e. The Kier molecular flexibility index (Phi) is 6.12. The summed E-state index contributed by atoms with van der Waals surface area (Å²) in [4.78, 5) is 30.6. The third-order valence-corrected chi connectivity index (χ3v) is 5.06. The molecular formula is C24H24N4O3. The van der Waals surface area contributed by atoms with E-state index in [1.54, 1.807) is 41.4 Å². The Hall–Kier alpha value is -3.87. The molecule has 3 amide bonds. The van der Waals surface area contributed by atoms with Gasteiger partial charge in [-0.3, -0.25) is 4.79 Å². The average Bonchev–Trinajstić information content (AvgIpc) is 2.80. The molecule has 0 bridgehead atoms. The Morgan fingerprint density at radius 1 is 1.03 bits per heavy atom. The molecule has 0 saturated carbocycles. The van der Waals surface area contributed by atoms with E-state index in [1.807, 2.05) is 31.2 Å². The van der Waals surface area contributed by atoms with Crippen LogP contribution in [-0.4, -0.2) is 34.9 Å². The first kappa shape index (κ1) is 20.4. The van der Waals surface area contributed by atoms with Crippen molar-refractivity contribution in [2.45, 2.75) is 19.9 Å². The second kappa shape index (κ2) is 9.30. The molecule has 158 valence electrons. The van der Waals surface area contributed by atoms with Gasteiger partial charge in [-0.05, 0) is 54.3 Å². The number of nitrogens with one attached hydrogen (secondary N) is 2. The standard InChI is InChI=1S/C24H24N4O3/c1-17-6-11-23(25-14-17)31-21-9-7-20(8-10-21)27-22(29)15-26-24(30)28-13-12-18-4-2-3-5-19(18)16-28/h2-11,14H,12-13,15-16H2,1H3,(H,26,30)(H,27,29). The van der Waals surface area contributed by atoms with Gasteiger partial charge < -0.3 is 20.3 Å². The number of anilines is 1. The monoisotopic (exact) mass is 416 g/mol. The number of amides is 3. The molecule has 1 aliphatic heterocycles. The highest BCUT2D eigenvalue weighted by Gasteiger charge is 2.20. The van der Waals surface area contributed by atoms with Crippen molar-refractivity contribution in [2.75, 3.05) is 18.4 Å². The molecule has 7 heteroatoms. The van der Waals surface area contributed by atoms with Gasteiger partial charge in [0.1, 0.15) is 5.75 Å². The fourth-order valence-corrected chi connectivity index (χ4v) is 3.38. The summed E-state index contributed by atoms with van der Waals surface area (Å²) in [6.07, 6.45) is 2.56. The molecule has 2 heterocycles. The van der Waals surface area contributed by atoms with Crippen molar-refractivity contribution < 1.29 is 14.3 Å². The number of rotatable bonds is 5. The number of pyridine rings is 1. The van der Waals surface area contributed by atoms with Crippen LogP contribution in [0.1, 0.15) is 16.7 Å². The van der Waals surface area contributed by atoms with E-state index in [9.17, 15) is 9.59 Å². The lowest BCUT2D eigenvalue weighted by Crippen LogP contribution is -2.45. The number of fused-ring (bicyclic) bond motifs is 1. The lowest BCUT2D eigenvalue weighted by atomic mass is 10.0. The summed E-state index contributed by atoms with van der Waals surface area (Å²) in [5.41, 5.74) is 4.10. The van der Waals surface area contributed by atoms with E-state index in [4.69, 9.17) is 4.74 Å². The van der Waals surface area contributed by atoms with Crippen LogP contribution in [0.4, 0.5) is 10.5 Å². The molecule has 2 N–H and O–H groups in total. The second-order valence-electron chi connectivity index (χ2n) is 7.45. The fourth-order valence-electron chi connectivity index (χ4n) is 3.38. The third kappa shape index (κ3) is 5.39. The van der Waals surface area contributed by atoms with Crippen LogP contribution in [-0.2, 0) is 17.8 Å². The number of aryl methyl sites for hydroxylation is 1. The van der Waals surface area contributed by atoms with Gasteiger partial charge in [0.2, 0.25) is 11.8 Å². The van der Waals surface area contributed by atoms with Gasteiger partial charge >= 0.3 is 6.03 Å². The number of aromatic nitrogens is 1. The minimum atomic E-state index is -0.292. The van der Waals surface area contributed by atoms with E-state index in [0.29, 0.717) is 30.4 Å². The molecular weight excluding hydrogens is 392 g/mol. The highest BCUT2D eigenvalue weighted by atomic mass is 16.5. The van der Waals surface area contributed by atoms with Crippen LogP contribution in [0.2, 0.25) is 0 Å². The van der Waals surface area contributed by atoms with Crippen LogP contribution in [0.5, 0.6) is 11.6 Å². The molecule has 0 spiro atoms. The van der Waals surface area contributed by atoms with E-state index in [0.717, 1.165) is 17.5 Å². The minimum absolute atomic E-state index is 0.0947. The quantitative estimate of drug-likeness (QED) is 0.661. The van der Waals surface area contributed by atoms with Crippen molar-refractivity contribution in [1.82, 2.24) is 15.2 Å². The number of nitrogens with zero attached hydrogens (tertiary/aromatic N) is 2. The van der Waals surface area contributed by atoms with Crippen LogP contribution in [0.25, 0.3) is 0 Å². The van der Waals surface area contributed by atoms with Crippen LogP contribution >= 0.6 is 0 Å². The van der Waals surface area contributed by atoms with Gasteiger partial charge in [0.15, 0.2) is 0 Å². The van der Waals surface area contributed by atoms with Crippen molar-refractivity contribution in [3.05, 3.63) is 83.6 Å². The van der Waals surface area contributed by atoms with Crippen molar-refractivity contribution in [2.24, 2.45) is 0 Å². The second-order valence-corrected chi connectivity index (χ2v) is 7.45. The summed E-state index contributed by atoms with van der Waals surface area (Å²) in [6, 6.07) is 18.6. The summed E-state index contributed by atoms with van der Waals surface area (Å²) in [7, 11) is 0. The predicted molar refractivity (Wildman–Crippen MR) is 118 cm³/mol. The highest BCUT2D eigenvalue weighted by molar-refractivity contribution is 5.94. The fraction of sp³-hybridized carbons (Fsp3) is 0.208. The van der Waals surface area contributed by atoms with Crippen LogP contribution in [0.15, 0.2) is 66.9 Å². The zero-order valence-corrected chi connectivity index (χ0v) is 17.3. The first-order chi connectivity index (χ1) is 15.1. The molecule has 0 radical (unpaired) electrons. The average molecular weight is 416 g/mol. The Morgan fingerprint density at radius 2 is 1.81 bits per heavy atom. The van der Waals surface area contributed by atoms with Gasteiger partial charge in [-0.1, -0.05) is 30.3 Å². The number of ether oxygens (including phenoxy) is 1. The topological polar surface area (TPSA) is 83.6 Å². The molecule has 3 aromatic rings. The van der Waals surface area contributed by atoms with E-state index in [1.165, 1.54) is 5.56 Å².